The summed E-state index contributed by atoms with van der Waals surface area (Å²) < 4.78 is 0. The molecule has 0 aliphatic carbocycles. The number of nitrogens with zero attached hydrogens (tertiary/aromatic N) is 2. The van der Waals surface area contributed by atoms with Gasteiger partial charge in [0.05, 0.1) is 10.5 Å². The van der Waals surface area contributed by atoms with Crippen molar-refractivity contribution in [3.63, 3.8) is 0 Å². The maximum Gasteiger partial charge on any atom is 0.277 e. The van der Waals surface area contributed by atoms with E-state index in [1.54, 1.807) is 36.4 Å². The van der Waals surface area contributed by atoms with E-state index >= 15 is 0 Å². The number of aliphatic hydroxyl groups excluding tert-OH is 1. The minimum Gasteiger partial charge on any atom is -0.369 e. The highest BCUT2D eigenvalue weighted by molar-refractivity contribution is 5.66. The van der Waals surface area contributed by atoms with Gasteiger partial charge in [0.2, 0.25) is 0 Å². The number of benzene rings is 1. The molecule has 2 rings (SSSR count). The normalized spacial score (nSPS) is 18.8. The zero-order chi connectivity index (χ0) is 11.0. The van der Waals surface area contributed by atoms with E-state index in [2.05, 4.69) is 0 Å². The number of hydrogen-bond acceptors (Lipinski definition) is 4. The lowest BCUT2D eigenvalue weighted by molar-refractivity contribution is -0.385. The summed E-state index contributed by atoms with van der Waals surface area (Å²) in [6.45, 7) is 0. The Kier molecular flexibility index (Phi) is 2.17. The Bertz CT molecular complexity index is 442. The standard InChI is InChI=1S/C10H10N2O3/c1-11-6-5-7-8(10(11)13)3-2-4-9(7)12(14)15/h2-6,10,13H,1H3. The molecule has 5 heteroatoms. The highest BCUT2D eigenvalue weighted by Gasteiger charge is 2.24. The van der Waals surface area contributed by atoms with Gasteiger partial charge in [-0.1, -0.05) is 12.1 Å². The molecular weight excluding hydrogens is 196 g/mol. The number of aliphatic hydroxyl groups is 1. The lowest BCUT2D eigenvalue weighted by Crippen LogP contribution is -2.22. The molecule has 15 heavy (non-hydrogen) atoms. The average molecular weight is 206 g/mol. The molecular formula is C10H10N2O3. The van der Waals surface area contributed by atoms with Gasteiger partial charge in [-0.3, -0.25) is 10.1 Å². The summed E-state index contributed by atoms with van der Waals surface area (Å²) in [5, 5.41) is 20.5. The zero-order valence-corrected chi connectivity index (χ0v) is 8.12. The predicted octanol–water partition coefficient (Wildman–Crippen LogP) is 1.50. The Morgan fingerprint density at radius 2 is 2.27 bits per heavy atom. The predicted molar refractivity (Wildman–Crippen MR) is 54.9 cm³/mol. The van der Waals surface area contributed by atoms with Crippen LogP contribution in [0.25, 0.3) is 6.08 Å². The summed E-state index contributed by atoms with van der Waals surface area (Å²) in [5.41, 5.74) is 1.07. The van der Waals surface area contributed by atoms with Crippen molar-refractivity contribution in [2.24, 2.45) is 0 Å². The molecule has 0 fully saturated rings. The monoisotopic (exact) mass is 206 g/mol. The lowest BCUT2D eigenvalue weighted by atomic mass is 10.0. The van der Waals surface area contributed by atoms with Gasteiger partial charge < -0.3 is 10.0 Å². The number of nitro groups is 1. The first-order chi connectivity index (χ1) is 7.11. The van der Waals surface area contributed by atoms with E-state index in [4.69, 9.17) is 0 Å². The fraction of sp³-hybridized carbons (Fsp3) is 0.200. The number of hydrogen-bond donors (Lipinski definition) is 1. The third-order valence-electron chi connectivity index (χ3n) is 2.45. The van der Waals surface area contributed by atoms with Gasteiger partial charge in [-0.2, -0.15) is 0 Å². The zero-order valence-electron chi connectivity index (χ0n) is 8.12. The molecule has 1 N–H and O–H groups in total. The molecule has 1 unspecified atom stereocenters. The van der Waals surface area contributed by atoms with Crippen molar-refractivity contribution in [1.82, 2.24) is 4.90 Å². The molecule has 1 aliphatic heterocycles. The van der Waals surface area contributed by atoms with Crippen LogP contribution in [0.5, 0.6) is 0 Å². The molecule has 0 saturated heterocycles. The topological polar surface area (TPSA) is 66.6 Å². The molecule has 0 aromatic heterocycles. The van der Waals surface area contributed by atoms with E-state index in [0.717, 1.165) is 0 Å². The van der Waals surface area contributed by atoms with E-state index in [-0.39, 0.29) is 5.69 Å². The summed E-state index contributed by atoms with van der Waals surface area (Å²) in [5.74, 6) is 0. The average Bonchev–Trinajstić information content (AvgIpc) is 2.23. The van der Waals surface area contributed by atoms with Crippen LogP contribution in [0, 0.1) is 10.1 Å². The van der Waals surface area contributed by atoms with Crippen molar-refractivity contribution in [1.29, 1.82) is 0 Å². The van der Waals surface area contributed by atoms with E-state index in [0.29, 0.717) is 11.1 Å². The number of fused-ring (bicyclic) bond motifs is 1. The van der Waals surface area contributed by atoms with Crippen LogP contribution in [0.15, 0.2) is 24.4 Å². The van der Waals surface area contributed by atoms with Gasteiger partial charge in [-0.05, 0) is 6.08 Å². The maximum absolute atomic E-state index is 10.7. The Morgan fingerprint density at radius 3 is 2.93 bits per heavy atom. The first kappa shape index (κ1) is 9.67. The van der Waals surface area contributed by atoms with Crippen molar-refractivity contribution in [3.05, 3.63) is 45.6 Å². The summed E-state index contributed by atoms with van der Waals surface area (Å²) in [4.78, 5) is 11.9. The Labute approximate surface area is 86.4 Å². The lowest BCUT2D eigenvalue weighted by Gasteiger charge is -2.26. The van der Waals surface area contributed by atoms with Gasteiger partial charge >= 0.3 is 0 Å². The summed E-state index contributed by atoms with van der Waals surface area (Å²) in [6.07, 6.45) is 2.45. The molecule has 1 aromatic rings. The molecule has 0 saturated carbocycles. The molecule has 0 bridgehead atoms. The highest BCUT2D eigenvalue weighted by Crippen LogP contribution is 2.32. The van der Waals surface area contributed by atoms with E-state index < -0.39 is 11.2 Å². The Balaban J connectivity index is 2.61. The molecule has 1 aliphatic rings. The van der Waals surface area contributed by atoms with Gasteiger partial charge in [0.15, 0.2) is 6.23 Å². The van der Waals surface area contributed by atoms with Crippen LogP contribution in [0.1, 0.15) is 17.4 Å². The summed E-state index contributed by atoms with van der Waals surface area (Å²) in [6, 6.07) is 4.70. The molecule has 1 aromatic carbocycles. The Hall–Kier alpha value is -1.88. The molecule has 1 atom stereocenters. The minimum atomic E-state index is -0.815. The van der Waals surface area contributed by atoms with Gasteiger partial charge in [0.25, 0.3) is 5.69 Å². The van der Waals surface area contributed by atoms with Gasteiger partial charge in [0.1, 0.15) is 0 Å². The van der Waals surface area contributed by atoms with Gasteiger partial charge in [0, 0.05) is 24.9 Å². The quantitative estimate of drug-likeness (QED) is 0.558. The van der Waals surface area contributed by atoms with Crippen molar-refractivity contribution in [2.45, 2.75) is 6.23 Å². The van der Waals surface area contributed by atoms with Crippen LogP contribution in [0.2, 0.25) is 0 Å². The second kappa shape index (κ2) is 3.36. The first-order valence-electron chi connectivity index (χ1n) is 4.47. The van der Waals surface area contributed by atoms with Crippen LogP contribution in [-0.4, -0.2) is 22.0 Å². The van der Waals surface area contributed by atoms with Crippen molar-refractivity contribution in [3.8, 4) is 0 Å². The second-order valence-electron chi connectivity index (χ2n) is 3.39. The molecule has 0 amide bonds. The van der Waals surface area contributed by atoms with Crippen molar-refractivity contribution < 1.29 is 10.0 Å². The molecule has 5 nitrogen and oxygen atoms in total. The third kappa shape index (κ3) is 1.46. The maximum atomic E-state index is 10.7. The fourth-order valence-corrected chi connectivity index (χ4v) is 1.63. The van der Waals surface area contributed by atoms with E-state index in [9.17, 15) is 15.2 Å². The summed E-state index contributed by atoms with van der Waals surface area (Å²) >= 11 is 0. The number of nitro benzene ring substituents is 1. The smallest absolute Gasteiger partial charge is 0.277 e. The van der Waals surface area contributed by atoms with E-state index in [1.807, 2.05) is 0 Å². The molecule has 78 valence electrons. The van der Waals surface area contributed by atoms with Gasteiger partial charge in [-0.15, -0.1) is 0 Å². The molecule has 0 spiro atoms. The largest absolute Gasteiger partial charge is 0.369 e. The van der Waals surface area contributed by atoms with Crippen LogP contribution >= 0.6 is 0 Å². The minimum absolute atomic E-state index is 0.0240. The van der Waals surface area contributed by atoms with Crippen LogP contribution < -0.4 is 0 Å². The van der Waals surface area contributed by atoms with Gasteiger partial charge in [-0.25, -0.2) is 0 Å². The SMILES string of the molecule is CN1C=Cc2c(cccc2[N+](=O)[O-])C1O. The van der Waals surface area contributed by atoms with Crippen LogP contribution in [0.4, 0.5) is 5.69 Å². The fourth-order valence-electron chi connectivity index (χ4n) is 1.63. The van der Waals surface area contributed by atoms with Crippen molar-refractivity contribution in [2.75, 3.05) is 7.05 Å². The van der Waals surface area contributed by atoms with Crippen LogP contribution in [-0.2, 0) is 0 Å². The number of rotatable bonds is 1. The second-order valence-corrected chi connectivity index (χ2v) is 3.39. The third-order valence-corrected chi connectivity index (χ3v) is 2.45. The Morgan fingerprint density at radius 1 is 1.53 bits per heavy atom. The van der Waals surface area contributed by atoms with Crippen molar-refractivity contribution >= 4 is 11.8 Å². The first-order valence-corrected chi connectivity index (χ1v) is 4.47. The van der Waals surface area contributed by atoms with E-state index in [1.165, 1.54) is 6.07 Å². The summed E-state index contributed by atoms with van der Waals surface area (Å²) in [7, 11) is 1.71. The molecule has 0 radical (unpaired) electrons. The van der Waals surface area contributed by atoms with Crippen LogP contribution in [0.3, 0.4) is 0 Å². The highest BCUT2D eigenvalue weighted by atomic mass is 16.6. The molecule has 1 heterocycles.